The maximum Gasteiger partial charge on any atom is 0.462 e. The zero-order valence-electron chi connectivity index (χ0n) is 37.1. The molecule has 2 atom stereocenters. The molecular weight excluding hydrogens is 882 g/mol. The molecule has 0 aliphatic carbocycles. The Kier molecular flexibility index (Phi) is 21.3. The van der Waals surface area contributed by atoms with Crippen molar-refractivity contribution in [3.05, 3.63) is 79.8 Å². The highest BCUT2D eigenvalue weighted by atomic mass is 35.5. The Balaban J connectivity index is 2.86. The van der Waals surface area contributed by atoms with Crippen LogP contribution in [0, 0.1) is 0 Å². The molecule has 0 amide bonds. The second kappa shape index (κ2) is 23.8. The molecule has 0 saturated carbocycles. The second-order valence-electron chi connectivity index (χ2n) is 13.4. The molecule has 61 heavy (non-hydrogen) atoms. The van der Waals surface area contributed by atoms with E-state index in [1.807, 2.05) is 13.8 Å². The van der Waals surface area contributed by atoms with Crippen LogP contribution in [0.5, 0.6) is 11.5 Å². The van der Waals surface area contributed by atoms with Crippen LogP contribution in [0.1, 0.15) is 94.2 Å². The van der Waals surface area contributed by atoms with E-state index in [2.05, 4.69) is 13.2 Å². The van der Waals surface area contributed by atoms with Crippen molar-refractivity contribution in [2.24, 2.45) is 0 Å². The Labute approximate surface area is 379 Å². The molecule has 0 saturated heterocycles. The minimum atomic E-state index is -2.56. The van der Waals surface area contributed by atoms with E-state index in [1.165, 1.54) is 13.8 Å². The highest BCUT2D eigenvalue weighted by Crippen LogP contribution is 2.48. The first-order valence-corrected chi connectivity index (χ1v) is 21.4. The summed E-state index contributed by atoms with van der Waals surface area (Å²) < 4.78 is 72.4. The average molecular weight is 943 g/mol. The van der Waals surface area contributed by atoms with Crippen molar-refractivity contribution in [1.29, 1.82) is 0 Å². The zero-order chi connectivity index (χ0) is 46.4. The van der Waals surface area contributed by atoms with Crippen LogP contribution in [0.25, 0.3) is 0 Å². The fourth-order valence-electron chi connectivity index (χ4n) is 5.78. The van der Waals surface area contributed by atoms with Gasteiger partial charge >= 0.3 is 35.8 Å². The van der Waals surface area contributed by atoms with E-state index in [4.69, 9.17) is 103 Å². The monoisotopic (exact) mass is 940 g/mol. The summed E-state index contributed by atoms with van der Waals surface area (Å²) in [5.74, 6) is -11.8. The predicted octanol–water partition coefficient (Wildman–Crippen LogP) is 10.5. The first-order chi connectivity index (χ1) is 28.6. The van der Waals surface area contributed by atoms with Gasteiger partial charge in [-0.25, -0.2) is 9.59 Å². The number of rotatable bonds is 28. The Morgan fingerprint density at radius 3 is 0.869 bits per heavy atom. The van der Waals surface area contributed by atoms with Crippen LogP contribution in [0.2, 0.25) is 20.1 Å². The summed E-state index contributed by atoms with van der Waals surface area (Å²) in [6.45, 7) is 27.3. The standard InChI is InChI=1S/C43H60Cl4O14/c1-15-50-40(51-16-2,52-17-3)42(56-21-7,60-37(48)27(9)10)58-35-31(44)23-29(24-32(35)45)39(13,14)30-25-33(46)36(34(47)26-30)59-43(57-22-8,61-38(49)28(11)12)41(53-18-4,54-19-5)55-20-6/h23-26H,9,11,15-22H2,1-8,10,12-14H3. The quantitative estimate of drug-likeness (QED) is 0.0453. The fraction of sp³-hybridized carbons (Fsp3) is 0.581. The summed E-state index contributed by atoms with van der Waals surface area (Å²) in [4.78, 5) is 26.4. The van der Waals surface area contributed by atoms with E-state index in [-0.39, 0.29) is 95.6 Å². The van der Waals surface area contributed by atoms with Crippen LogP contribution in [-0.4, -0.2) is 88.7 Å². The van der Waals surface area contributed by atoms with Gasteiger partial charge in [0.15, 0.2) is 11.5 Å². The molecule has 0 N–H and O–H groups in total. The maximum atomic E-state index is 13.2. The number of esters is 2. The molecule has 18 heteroatoms. The van der Waals surface area contributed by atoms with Gasteiger partial charge in [-0.1, -0.05) is 73.4 Å². The van der Waals surface area contributed by atoms with Gasteiger partial charge in [0.1, 0.15) is 0 Å². The van der Waals surface area contributed by atoms with E-state index < -0.39 is 41.2 Å². The maximum absolute atomic E-state index is 13.2. The predicted molar refractivity (Wildman–Crippen MR) is 232 cm³/mol. The number of halogens is 4. The van der Waals surface area contributed by atoms with Crippen LogP contribution >= 0.6 is 46.4 Å². The molecule has 0 aromatic heterocycles. The van der Waals surface area contributed by atoms with E-state index in [0.717, 1.165) is 0 Å². The Bertz CT molecular complexity index is 1610. The molecule has 0 bridgehead atoms. The molecule has 0 heterocycles. The molecule has 2 aromatic rings. The largest absolute Gasteiger partial charge is 0.462 e. The number of hydrogen-bond acceptors (Lipinski definition) is 14. The number of carbonyl (C=O) groups is 2. The number of carbonyl (C=O) groups excluding carboxylic acids is 2. The lowest BCUT2D eigenvalue weighted by atomic mass is 9.78. The van der Waals surface area contributed by atoms with Gasteiger partial charge in [0, 0.05) is 16.6 Å². The molecule has 2 aromatic carbocycles. The third-order valence-corrected chi connectivity index (χ3v) is 9.61. The Morgan fingerprint density at radius 1 is 0.459 bits per heavy atom. The van der Waals surface area contributed by atoms with E-state index in [9.17, 15) is 9.59 Å². The van der Waals surface area contributed by atoms with Crippen LogP contribution in [0.3, 0.4) is 0 Å². The third kappa shape index (κ3) is 12.3. The van der Waals surface area contributed by atoms with Crippen molar-refractivity contribution < 1.29 is 66.4 Å². The summed E-state index contributed by atoms with van der Waals surface area (Å²) in [5, 5.41) is -0.106. The number of benzene rings is 2. The van der Waals surface area contributed by atoms with Crippen molar-refractivity contribution in [3.63, 3.8) is 0 Å². The van der Waals surface area contributed by atoms with Gasteiger partial charge in [0.25, 0.3) is 0 Å². The van der Waals surface area contributed by atoms with E-state index in [1.54, 1.807) is 79.7 Å². The molecule has 0 fully saturated rings. The summed E-state index contributed by atoms with van der Waals surface area (Å²) >= 11 is 27.9. The van der Waals surface area contributed by atoms with Gasteiger partial charge in [-0.2, -0.15) is 0 Å². The molecule has 0 aliphatic rings. The highest BCUT2D eigenvalue weighted by Gasteiger charge is 2.66. The highest BCUT2D eigenvalue weighted by molar-refractivity contribution is 6.38. The van der Waals surface area contributed by atoms with Crippen molar-refractivity contribution in [1.82, 2.24) is 0 Å². The van der Waals surface area contributed by atoms with Crippen molar-refractivity contribution in [2.75, 3.05) is 52.9 Å². The molecule has 344 valence electrons. The lowest BCUT2D eigenvalue weighted by Crippen LogP contribution is -2.66. The van der Waals surface area contributed by atoms with E-state index in [0.29, 0.717) is 11.1 Å². The molecule has 0 spiro atoms. The van der Waals surface area contributed by atoms with Crippen LogP contribution in [0.4, 0.5) is 0 Å². The Morgan fingerprint density at radius 2 is 0.672 bits per heavy atom. The van der Waals surface area contributed by atoms with Gasteiger partial charge in [-0.15, -0.1) is 0 Å². The minimum absolute atomic E-state index is 0.0164. The first-order valence-electron chi connectivity index (χ1n) is 19.9. The second-order valence-corrected chi connectivity index (χ2v) is 15.0. The van der Waals surface area contributed by atoms with Crippen LogP contribution in [-0.2, 0) is 62.4 Å². The summed E-state index contributed by atoms with van der Waals surface area (Å²) in [6.07, 6.45) is 0. The van der Waals surface area contributed by atoms with Crippen LogP contribution < -0.4 is 9.47 Å². The molecule has 14 nitrogen and oxygen atoms in total. The van der Waals surface area contributed by atoms with Gasteiger partial charge < -0.3 is 56.8 Å². The minimum Gasteiger partial charge on any atom is -0.421 e. The summed E-state index contributed by atoms with van der Waals surface area (Å²) in [6, 6.07) is 6.36. The van der Waals surface area contributed by atoms with Crippen molar-refractivity contribution >= 4 is 58.3 Å². The lowest BCUT2D eigenvalue weighted by molar-refractivity contribution is -0.533. The van der Waals surface area contributed by atoms with Gasteiger partial charge in [-0.05, 0) is 105 Å². The van der Waals surface area contributed by atoms with Gasteiger partial charge in [0.2, 0.25) is 0 Å². The summed E-state index contributed by atoms with van der Waals surface area (Å²) in [5.41, 5.74) is 0.210. The van der Waals surface area contributed by atoms with Crippen LogP contribution in [0.15, 0.2) is 48.6 Å². The topological polar surface area (TPSA) is 145 Å². The average Bonchev–Trinajstić information content (AvgIpc) is 3.17. The number of ether oxygens (including phenoxy) is 12. The normalized spacial score (nSPS) is 14.2. The first kappa shape index (κ1) is 54.4. The Hall–Kier alpha value is -2.70. The smallest absolute Gasteiger partial charge is 0.421 e. The molecule has 2 unspecified atom stereocenters. The number of hydrogen-bond donors (Lipinski definition) is 0. The zero-order valence-corrected chi connectivity index (χ0v) is 40.1. The third-order valence-electron chi connectivity index (χ3n) is 8.49. The molecule has 0 radical (unpaired) electrons. The SMILES string of the molecule is C=C(C)C(=O)OC(OCC)(Oc1c(Cl)cc(C(C)(C)c2cc(Cl)c(OC(OCC)(OC(=O)C(=C)C)C(OCC)(OCC)OCC)c(Cl)c2)cc1Cl)C(OCC)(OCC)OCC. The lowest BCUT2D eigenvalue weighted by Gasteiger charge is -2.44. The van der Waals surface area contributed by atoms with E-state index >= 15 is 0 Å². The van der Waals surface area contributed by atoms with Crippen molar-refractivity contribution in [3.8, 4) is 11.5 Å². The molecule has 0 aliphatic heterocycles. The van der Waals surface area contributed by atoms with Crippen molar-refractivity contribution in [2.45, 2.75) is 112 Å². The fourth-order valence-corrected chi connectivity index (χ4v) is 6.91. The summed E-state index contributed by atoms with van der Waals surface area (Å²) in [7, 11) is 0. The van der Waals surface area contributed by atoms with Gasteiger partial charge in [0.05, 0.1) is 72.9 Å². The van der Waals surface area contributed by atoms with Gasteiger partial charge in [-0.3, -0.25) is 0 Å². The molecule has 2 rings (SSSR count). The molecular formula is C43H60Cl4O14.